The SMILES string of the molecule is CC(=O)N(CCC(=O)Nc1ccc(C)cc1C)c1ccccc1C(C)(C)C. The average Bonchev–Trinajstić information content (AvgIpc) is 2.57. The number of aryl methyl sites for hydroxylation is 2. The minimum absolute atomic E-state index is 0.0639. The van der Waals surface area contributed by atoms with E-state index < -0.39 is 0 Å². The Hall–Kier alpha value is -2.62. The average molecular weight is 367 g/mol. The van der Waals surface area contributed by atoms with Crippen LogP contribution in [-0.4, -0.2) is 18.4 Å². The third kappa shape index (κ3) is 5.43. The first-order valence-electron chi connectivity index (χ1n) is 9.34. The number of rotatable bonds is 5. The molecule has 0 saturated heterocycles. The monoisotopic (exact) mass is 366 g/mol. The van der Waals surface area contributed by atoms with E-state index in [1.807, 2.05) is 56.3 Å². The molecule has 2 rings (SSSR count). The summed E-state index contributed by atoms with van der Waals surface area (Å²) in [5.41, 5.74) is 4.88. The van der Waals surface area contributed by atoms with Gasteiger partial charge in [-0.05, 0) is 42.5 Å². The molecule has 2 aromatic rings. The molecule has 0 atom stereocenters. The zero-order chi connectivity index (χ0) is 20.2. The van der Waals surface area contributed by atoms with Gasteiger partial charge in [-0.25, -0.2) is 0 Å². The summed E-state index contributed by atoms with van der Waals surface area (Å²) >= 11 is 0. The summed E-state index contributed by atoms with van der Waals surface area (Å²) in [4.78, 5) is 26.4. The van der Waals surface area contributed by atoms with Gasteiger partial charge < -0.3 is 10.2 Å². The van der Waals surface area contributed by atoms with E-state index in [1.54, 1.807) is 11.8 Å². The lowest BCUT2D eigenvalue weighted by atomic mass is 9.85. The summed E-state index contributed by atoms with van der Waals surface area (Å²) < 4.78 is 0. The molecule has 2 amide bonds. The molecule has 0 heterocycles. The number of para-hydroxylation sites is 1. The Morgan fingerprint density at radius 3 is 2.30 bits per heavy atom. The van der Waals surface area contributed by atoms with Crippen molar-refractivity contribution < 1.29 is 9.59 Å². The van der Waals surface area contributed by atoms with Crippen LogP contribution in [0.3, 0.4) is 0 Å². The second-order valence-corrected chi connectivity index (χ2v) is 8.05. The van der Waals surface area contributed by atoms with E-state index in [0.717, 1.165) is 28.1 Å². The summed E-state index contributed by atoms with van der Waals surface area (Å²) in [5, 5.41) is 2.95. The lowest BCUT2D eigenvalue weighted by Crippen LogP contribution is -2.34. The molecule has 0 radical (unpaired) electrons. The first kappa shape index (κ1) is 20.7. The molecule has 4 nitrogen and oxygen atoms in total. The van der Waals surface area contributed by atoms with E-state index in [9.17, 15) is 9.59 Å². The first-order valence-corrected chi connectivity index (χ1v) is 9.34. The lowest BCUT2D eigenvalue weighted by molar-refractivity contribution is -0.117. The van der Waals surface area contributed by atoms with E-state index >= 15 is 0 Å². The highest BCUT2D eigenvalue weighted by atomic mass is 16.2. The third-order valence-corrected chi connectivity index (χ3v) is 4.60. The summed E-state index contributed by atoms with van der Waals surface area (Å²) in [5.74, 6) is -0.160. The molecule has 0 aromatic heterocycles. The van der Waals surface area contributed by atoms with Gasteiger partial charge in [0.15, 0.2) is 0 Å². The van der Waals surface area contributed by atoms with Crippen LogP contribution in [0.1, 0.15) is 50.8 Å². The van der Waals surface area contributed by atoms with Crippen molar-refractivity contribution in [2.24, 2.45) is 0 Å². The van der Waals surface area contributed by atoms with Crippen molar-refractivity contribution in [2.45, 2.75) is 53.4 Å². The molecule has 0 spiro atoms. The highest BCUT2D eigenvalue weighted by molar-refractivity contribution is 5.95. The maximum absolute atomic E-state index is 12.4. The van der Waals surface area contributed by atoms with Crippen LogP contribution in [-0.2, 0) is 15.0 Å². The Balaban J connectivity index is 2.14. The fraction of sp³-hybridized carbons (Fsp3) is 0.391. The highest BCUT2D eigenvalue weighted by Gasteiger charge is 2.23. The van der Waals surface area contributed by atoms with Crippen molar-refractivity contribution in [3.05, 3.63) is 59.2 Å². The van der Waals surface area contributed by atoms with Gasteiger partial charge in [-0.1, -0.05) is 56.7 Å². The molecule has 0 aliphatic rings. The Morgan fingerprint density at radius 2 is 1.70 bits per heavy atom. The molecule has 0 unspecified atom stereocenters. The van der Waals surface area contributed by atoms with Gasteiger partial charge in [-0.2, -0.15) is 0 Å². The van der Waals surface area contributed by atoms with Crippen LogP contribution in [0.15, 0.2) is 42.5 Å². The van der Waals surface area contributed by atoms with Gasteiger partial charge in [0.25, 0.3) is 0 Å². The van der Waals surface area contributed by atoms with Crippen LogP contribution >= 0.6 is 0 Å². The number of hydrogen-bond donors (Lipinski definition) is 1. The molecule has 0 saturated carbocycles. The molecular weight excluding hydrogens is 336 g/mol. The molecule has 0 bridgehead atoms. The third-order valence-electron chi connectivity index (χ3n) is 4.60. The Bertz CT molecular complexity index is 835. The zero-order valence-corrected chi connectivity index (χ0v) is 17.2. The van der Waals surface area contributed by atoms with Crippen molar-refractivity contribution in [3.8, 4) is 0 Å². The number of hydrogen-bond acceptors (Lipinski definition) is 2. The van der Waals surface area contributed by atoms with Crippen LogP contribution in [0.4, 0.5) is 11.4 Å². The normalized spacial score (nSPS) is 11.2. The predicted molar refractivity (Wildman–Crippen MR) is 112 cm³/mol. The van der Waals surface area contributed by atoms with Crippen LogP contribution in [0.25, 0.3) is 0 Å². The lowest BCUT2D eigenvalue weighted by Gasteiger charge is -2.29. The molecule has 1 N–H and O–H groups in total. The van der Waals surface area contributed by atoms with Gasteiger partial charge in [0.2, 0.25) is 11.8 Å². The van der Waals surface area contributed by atoms with Gasteiger partial charge in [-0.3, -0.25) is 9.59 Å². The molecule has 0 fully saturated rings. The van der Waals surface area contributed by atoms with Crippen LogP contribution in [0, 0.1) is 13.8 Å². The number of carbonyl (C=O) groups excluding carboxylic acids is 2. The van der Waals surface area contributed by atoms with Gasteiger partial charge in [-0.15, -0.1) is 0 Å². The quantitative estimate of drug-likeness (QED) is 0.811. The summed E-state index contributed by atoms with van der Waals surface area (Å²) in [6.45, 7) is 12.3. The van der Waals surface area contributed by atoms with E-state index in [2.05, 4.69) is 26.1 Å². The molecule has 144 valence electrons. The molecule has 4 heteroatoms. The van der Waals surface area contributed by atoms with Crippen molar-refractivity contribution >= 4 is 23.2 Å². The number of anilines is 2. The topological polar surface area (TPSA) is 49.4 Å². The molecule has 0 aliphatic carbocycles. The Labute approximate surface area is 162 Å². The predicted octanol–water partition coefficient (Wildman–Crippen LogP) is 4.98. The largest absolute Gasteiger partial charge is 0.326 e. The van der Waals surface area contributed by atoms with Crippen LogP contribution in [0.5, 0.6) is 0 Å². The fourth-order valence-electron chi connectivity index (χ4n) is 3.17. The number of nitrogens with zero attached hydrogens (tertiary/aromatic N) is 1. The molecule has 0 aliphatic heterocycles. The summed E-state index contributed by atoms with van der Waals surface area (Å²) in [6.07, 6.45) is 0.241. The standard InChI is InChI=1S/C23H30N2O2/c1-16-11-12-20(17(2)15-16)24-22(27)13-14-25(18(3)26)21-10-8-7-9-19(21)23(4,5)6/h7-12,15H,13-14H2,1-6H3,(H,24,27). The smallest absolute Gasteiger partial charge is 0.226 e. The van der Waals surface area contributed by atoms with Crippen LogP contribution in [0.2, 0.25) is 0 Å². The number of benzene rings is 2. The van der Waals surface area contributed by atoms with Crippen molar-refractivity contribution in [2.75, 3.05) is 16.8 Å². The van der Waals surface area contributed by atoms with Gasteiger partial charge in [0.05, 0.1) is 0 Å². The highest BCUT2D eigenvalue weighted by Crippen LogP contribution is 2.32. The van der Waals surface area contributed by atoms with E-state index in [0.29, 0.717) is 6.54 Å². The number of amides is 2. The van der Waals surface area contributed by atoms with Gasteiger partial charge in [0.1, 0.15) is 0 Å². The van der Waals surface area contributed by atoms with Crippen molar-refractivity contribution in [1.29, 1.82) is 0 Å². The molecule has 2 aromatic carbocycles. The maximum Gasteiger partial charge on any atom is 0.226 e. The molecule has 27 heavy (non-hydrogen) atoms. The first-order chi connectivity index (χ1) is 12.6. The number of nitrogens with one attached hydrogen (secondary N) is 1. The zero-order valence-electron chi connectivity index (χ0n) is 17.2. The second kappa shape index (κ2) is 8.38. The second-order valence-electron chi connectivity index (χ2n) is 8.05. The fourth-order valence-corrected chi connectivity index (χ4v) is 3.17. The summed E-state index contributed by atoms with van der Waals surface area (Å²) in [7, 11) is 0. The van der Waals surface area contributed by atoms with Crippen molar-refractivity contribution in [3.63, 3.8) is 0 Å². The Morgan fingerprint density at radius 1 is 1.04 bits per heavy atom. The van der Waals surface area contributed by atoms with E-state index in [1.165, 1.54) is 0 Å². The van der Waals surface area contributed by atoms with Crippen LogP contribution < -0.4 is 10.2 Å². The Kier molecular flexibility index (Phi) is 6.42. The minimum atomic E-state index is -0.0959. The summed E-state index contributed by atoms with van der Waals surface area (Å²) in [6, 6.07) is 13.8. The van der Waals surface area contributed by atoms with Crippen molar-refractivity contribution in [1.82, 2.24) is 0 Å². The van der Waals surface area contributed by atoms with Gasteiger partial charge >= 0.3 is 0 Å². The van der Waals surface area contributed by atoms with E-state index in [-0.39, 0.29) is 23.7 Å². The molecular formula is C23H30N2O2. The van der Waals surface area contributed by atoms with E-state index in [4.69, 9.17) is 0 Å². The maximum atomic E-state index is 12.4. The minimum Gasteiger partial charge on any atom is -0.326 e. The van der Waals surface area contributed by atoms with Gasteiger partial charge in [0, 0.05) is 31.3 Å². The number of carbonyl (C=O) groups is 2.